The molecule has 94 valence electrons. The zero-order valence-electron chi connectivity index (χ0n) is 10.4. The lowest BCUT2D eigenvalue weighted by molar-refractivity contribution is 0.462. The van der Waals surface area contributed by atoms with E-state index in [1.165, 1.54) is 0 Å². The minimum atomic E-state index is 0.402. The van der Waals surface area contributed by atoms with Gasteiger partial charge >= 0.3 is 0 Å². The van der Waals surface area contributed by atoms with Crippen molar-refractivity contribution in [3.63, 3.8) is 0 Å². The summed E-state index contributed by atoms with van der Waals surface area (Å²) in [5.41, 5.74) is 8.68. The number of aromatic nitrogens is 1. The van der Waals surface area contributed by atoms with Crippen LogP contribution in [0.1, 0.15) is 16.7 Å². The largest absolute Gasteiger partial charge is 0.438 e. The number of ether oxygens (including phenoxy) is 1. The van der Waals surface area contributed by atoms with Crippen LogP contribution in [0.2, 0.25) is 5.02 Å². The molecule has 1 aromatic carbocycles. The van der Waals surface area contributed by atoms with Gasteiger partial charge in [-0.3, -0.25) is 0 Å². The monoisotopic (exact) mass is 262 g/mol. The predicted octanol–water partition coefficient (Wildman–Crippen LogP) is 3.60. The maximum atomic E-state index is 6.09. The van der Waals surface area contributed by atoms with E-state index < -0.39 is 0 Å². The van der Waals surface area contributed by atoms with E-state index in [1.54, 1.807) is 12.3 Å². The third-order valence-corrected chi connectivity index (χ3v) is 2.78. The van der Waals surface area contributed by atoms with Crippen LogP contribution in [0.4, 0.5) is 0 Å². The SMILES string of the molecule is Cc1cc(C)cc(Oc2ncc(CN)cc2Cl)c1. The van der Waals surface area contributed by atoms with Crippen molar-refractivity contribution in [2.75, 3.05) is 0 Å². The molecule has 0 spiro atoms. The van der Waals surface area contributed by atoms with Gasteiger partial charge in [0.25, 0.3) is 0 Å². The molecule has 0 saturated heterocycles. The van der Waals surface area contributed by atoms with Gasteiger partial charge in [-0.15, -0.1) is 0 Å². The fraction of sp³-hybridized carbons (Fsp3) is 0.214. The first-order chi connectivity index (χ1) is 8.58. The number of aryl methyl sites for hydroxylation is 2. The summed E-state index contributed by atoms with van der Waals surface area (Å²) in [7, 11) is 0. The van der Waals surface area contributed by atoms with Crippen LogP contribution in [0.5, 0.6) is 11.6 Å². The molecule has 4 heteroatoms. The van der Waals surface area contributed by atoms with Crippen LogP contribution in [0.15, 0.2) is 30.5 Å². The number of halogens is 1. The van der Waals surface area contributed by atoms with Crippen molar-refractivity contribution in [3.05, 3.63) is 52.2 Å². The molecule has 0 bridgehead atoms. The van der Waals surface area contributed by atoms with Crippen molar-refractivity contribution in [1.29, 1.82) is 0 Å². The second kappa shape index (κ2) is 5.38. The van der Waals surface area contributed by atoms with E-state index in [0.29, 0.717) is 17.4 Å². The normalized spacial score (nSPS) is 10.4. The first-order valence-electron chi connectivity index (χ1n) is 5.69. The van der Waals surface area contributed by atoms with Gasteiger partial charge in [-0.25, -0.2) is 4.98 Å². The van der Waals surface area contributed by atoms with Crippen molar-refractivity contribution in [1.82, 2.24) is 4.98 Å². The number of benzene rings is 1. The Bertz CT molecular complexity index is 549. The fourth-order valence-electron chi connectivity index (χ4n) is 1.76. The van der Waals surface area contributed by atoms with Crippen LogP contribution >= 0.6 is 11.6 Å². The third kappa shape index (κ3) is 3.00. The molecule has 0 saturated carbocycles. The number of hydrogen-bond donors (Lipinski definition) is 1. The van der Waals surface area contributed by atoms with E-state index in [1.807, 2.05) is 26.0 Å². The molecule has 3 nitrogen and oxygen atoms in total. The Morgan fingerprint density at radius 3 is 2.39 bits per heavy atom. The second-order valence-electron chi connectivity index (χ2n) is 4.26. The highest BCUT2D eigenvalue weighted by atomic mass is 35.5. The highest BCUT2D eigenvalue weighted by Crippen LogP contribution is 2.28. The van der Waals surface area contributed by atoms with Gasteiger partial charge in [-0.2, -0.15) is 0 Å². The Balaban J connectivity index is 2.28. The Hall–Kier alpha value is -1.58. The summed E-state index contributed by atoms with van der Waals surface area (Å²) in [6.45, 7) is 4.45. The van der Waals surface area contributed by atoms with Crippen LogP contribution < -0.4 is 10.5 Å². The van der Waals surface area contributed by atoms with Crippen molar-refractivity contribution < 1.29 is 4.74 Å². The first kappa shape index (κ1) is 12.9. The van der Waals surface area contributed by atoms with Crippen LogP contribution in [0.25, 0.3) is 0 Å². The lowest BCUT2D eigenvalue weighted by atomic mass is 10.1. The number of hydrogen-bond acceptors (Lipinski definition) is 3. The molecule has 18 heavy (non-hydrogen) atoms. The number of nitrogens with two attached hydrogens (primary N) is 1. The molecule has 0 radical (unpaired) electrons. The van der Waals surface area contributed by atoms with Crippen LogP contribution in [-0.4, -0.2) is 4.98 Å². The standard InChI is InChI=1S/C14H15ClN2O/c1-9-3-10(2)5-12(4-9)18-14-13(15)6-11(7-16)8-17-14/h3-6,8H,7,16H2,1-2H3. The molecule has 0 atom stereocenters. The molecule has 0 unspecified atom stereocenters. The van der Waals surface area contributed by atoms with Gasteiger partial charge in [0.2, 0.25) is 5.88 Å². The Morgan fingerprint density at radius 2 is 1.83 bits per heavy atom. The molecule has 2 aromatic rings. The quantitative estimate of drug-likeness (QED) is 0.919. The maximum absolute atomic E-state index is 6.09. The lowest BCUT2D eigenvalue weighted by Crippen LogP contribution is -1.98. The Labute approximate surface area is 112 Å². The summed E-state index contributed by atoms with van der Waals surface area (Å²) in [6.07, 6.45) is 1.67. The highest BCUT2D eigenvalue weighted by Gasteiger charge is 2.06. The van der Waals surface area contributed by atoms with Gasteiger partial charge in [0.15, 0.2) is 0 Å². The third-order valence-electron chi connectivity index (χ3n) is 2.51. The second-order valence-corrected chi connectivity index (χ2v) is 4.67. The van der Waals surface area contributed by atoms with E-state index in [0.717, 1.165) is 22.4 Å². The van der Waals surface area contributed by atoms with Crippen molar-refractivity contribution in [3.8, 4) is 11.6 Å². The average molecular weight is 263 g/mol. The molecule has 2 N–H and O–H groups in total. The fourth-order valence-corrected chi connectivity index (χ4v) is 1.98. The first-order valence-corrected chi connectivity index (χ1v) is 6.07. The molecule has 1 heterocycles. The molecule has 0 aliphatic rings. The molecular weight excluding hydrogens is 248 g/mol. The molecule has 0 amide bonds. The minimum absolute atomic E-state index is 0.402. The summed E-state index contributed by atoms with van der Waals surface area (Å²) in [5, 5.41) is 0.470. The van der Waals surface area contributed by atoms with E-state index in [9.17, 15) is 0 Å². The smallest absolute Gasteiger partial charge is 0.238 e. The summed E-state index contributed by atoms with van der Waals surface area (Å²) >= 11 is 6.09. The molecule has 0 aliphatic carbocycles. The molecule has 0 fully saturated rings. The summed E-state index contributed by atoms with van der Waals surface area (Å²) < 4.78 is 5.69. The predicted molar refractivity (Wildman–Crippen MR) is 73.1 cm³/mol. The molecule has 1 aromatic heterocycles. The summed E-state index contributed by atoms with van der Waals surface area (Å²) in [6, 6.07) is 7.75. The molecule has 0 aliphatic heterocycles. The number of nitrogens with zero attached hydrogens (tertiary/aromatic N) is 1. The van der Waals surface area contributed by atoms with Gasteiger partial charge in [0, 0.05) is 12.7 Å². The van der Waals surface area contributed by atoms with Gasteiger partial charge in [-0.05, 0) is 48.7 Å². The lowest BCUT2D eigenvalue weighted by Gasteiger charge is -2.09. The Morgan fingerprint density at radius 1 is 1.17 bits per heavy atom. The van der Waals surface area contributed by atoms with Crippen LogP contribution in [0.3, 0.4) is 0 Å². The van der Waals surface area contributed by atoms with Crippen molar-refractivity contribution in [2.24, 2.45) is 5.73 Å². The highest BCUT2D eigenvalue weighted by molar-refractivity contribution is 6.31. The van der Waals surface area contributed by atoms with Crippen LogP contribution in [-0.2, 0) is 6.54 Å². The number of pyridine rings is 1. The zero-order valence-corrected chi connectivity index (χ0v) is 11.2. The van der Waals surface area contributed by atoms with Crippen molar-refractivity contribution >= 4 is 11.6 Å². The van der Waals surface area contributed by atoms with Gasteiger partial charge in [0.1, 0.15) is 10.8 Å². The summed E-state index contributed by atoms with van der Waals surface area (Å²) in [4.78, 5) is 4.17. The van der Waals surface area contributed by atoms with Gasteiger partial charge < -0.3 is 10.5 Å². The van der Waals surface area contributed by atoms with Crippen molar-refractivity contribution in [2.45, 2.75) is 20.4 Å². The zero-order chi connectivity index (χ0) is 13.1. The van der Waals surface area contributed by atoms with Crippen LogP contribution in [0, 0.1) is 13.8 Å². The topological polar surface area (TPSA) is 48.1 Å². The van der Waals surface area contributed by atoms with E-state index in [4.69, 9.17) is 22.1 Å². The van der Waals surface area contributed by atoms with Gasteiger partial charge in [-0.1, -0.05) is 17.7 Å². The molecule has 2 rings (SSSR count). The van der Waals surface area contributed by atoms with Gasteiger partial charge in [0.05, 0.1) is 0 Å². The van der Waals surface area contributed by atoms with E-state index in [-0.39, 0.29) is 0 Å². The van der Waals surface area contributed by atoms with E-state index >= 15 is 0 Å². The molecular formula is C14H15ClN2O. The van der Waals surface area contributed by atoms with E-state index in [2.05, 4.69) is 11.1 Å². The maximum Gasteiger partial charge on any atom is 0.238 e. The Kier molecular flexibility index (Phi) is 3.84. The summed E-state index contributed by atoms with van der Waals surface area (Å²) in [5.74, 6) is 1.14. The average Bonchev–Trinajstić information content (AvgIpc) is 2.30. The minimum Gasteiger partial charge on any atom is -0.438 e. The number of rotatable bonds is 3.